The molecule has 0 aliphatic heterocycles. The minimum absolute atomic E-state index is 0.0509. The van der Waals surface area contributed by atoms with E-state index in [1.54, 1.807) is 0 Å². The van der Waals surface area contributed by atoms with Crippen LogP contribution in [0, 0.1) is 17.5 Å². The van der Waals surface area contributed by atoms with Crippen LogP contribution in [0.4, 0.5) is 13.2 Å². The van der Waals surface area contributed by atoms with Gasteiger partial charge in [0, 0.05) is 23.3 Å². The minimum atomic E-state index is -0.993. The summed E-state index contributed by atoms with van der Waals surface area (Å²) in [6.45, 7) is 0. The van der Waals surface area contributed by atoms with E-state index in [1.807, 2.05) is 0 Å². The SMILES string of the molecule is COc1cc(F)c(C(Br)c2cccc(Cl)c2F)c(F)c1. The first-order chi connectivity index (χ1) is 9.45. The molecule has 0 N–H and O–H groups in total. The maximum atomic E-state index is 14.0. The average Bonchev–Trinajstić information content (AvgIpc) is 2.40. The van der Waals surface area contributed by atoms with Crippen LogP contribution in [-0.2, 0) is 0 Å². The normalized spacial score (nSPS) is 12.3. The Morgan fingerprint density at radius 3 is 2.30 bits per heavy atom. The lowest BCUT2D eigenvalue weighted by Gasteiger charge is -2.15. The molecule has 0 heterocycles. The van der Waals surface area contributed by atoms with Crippen molar-refractivity contribution in [3.05, 3.63) is 63.9 Å². The summed E-state index contributed by atoms with van der Waals surface area (Å²) in [4.78, 5) is -0.993. The molecule has 0 saturated carbocycles. The van der Waals surface area contributed by atoms with Crippen molar-refractivity contribution in [3.63, 3.8) is 0 Å². The maximum Gasteiger partial charge on any atom is 0.146 e. The topological polar surface area (TPSA) is 9.23 Å². The number of rotatable bonds is 3. The molecule has 0 fully saturated rings. The van der Waals surface area contributed by atoms with Crippen LogP contribution < -0.4 is 4.74 Å². The number of methoxy groups -OCH3 is 1. The molecule has 0 amide bonds. The van der Waals surface area contributed by atoms with Crippen molar-refractivity contribution in [2.75, 3.05) is 7.11 Å². The third-order valence-electron chi connectivity index (χ3n) is 2.80. The van der Waals surface area contributed by atoms with Crippen molar-refractivity contribution in [2.45, 2.75) is 4.83 Å². The van der Waals surface area contributed by atoms with Gasteiger partial charge in [-0.15, -0.1) is 0 Å². The van der Waals surface area contributed by atoms with E-state index in [0.29, 0.717) is 0 Å². The highest BCUT2D eigenvalue weighted by Crippen LogP contribution is 2.38. The van der Waals surface area contributed by atoms with E-state index in [9.17, 15) is 13.2 Å². The molecule has 1 unspecified atom stereocenters. The summed E-state index contributed by atoms with van der Waals surface area (Å²) in [6, 6.07) is 6.35. The Morgan fingerprint density at radius 1 is 1.15 bits per heavy atom. The lowest BCUT2D eigenvalue weighted by Crippen LogP contribution is -2.04. The van der Waals surface area contributed by atoms with Crippen LogP contribution in [0.3, 0.4) is 0 Å². The number of hydrogen-bond donors (Lipinski definition) is 0. The number of benzene rings is 2. The zero-order valence-corrected chi connectivity index (χ0v) is 12.6. The van der Waals surface area contributed by atoms with Gasteiger partial charge >= 0.3 is 0 Å². The third-order valence-corrected chi connectivity index (χ3v) is 4.04. The molecule has 0 saturated heterocycles. The molecule has 106 valence electrons. The Bertz CT molecular complexity index is 625. The van der Waals surface area contributed by atoms with E-state index in [2.05, 4.69) is 15.9 Å². The van der Waals surface area contributed by atoms with Gasteiger partial charge in [-0.05, 0) is 6.07 Å². The predicted molar refractivity (Wildman–Crippen MR) is 75.1 cm³/mol. The quantitative estimate of drug-likeness (QED) is 0.675. The Labute approximate surface area is 127 Å². The molecule has 2 aromatic carbocycles. The summed E-state index contributed by atoms with van der Waals surface area (Å²) in [5.41, 5.74) is -0.243. The summed E-state index contributed by atoms with van der Waals surface area (Å²) >= 11 is 8.78. The van der Waals surface area contributed by atoms with Gasteiger partial charge in [-0.25, -0.2) is 13.2 Å². The first-order valence-electron chi connectivity index (χ1n) is 5.56. The Kier molecular flexibility index (Phi) is 4.60. The predicted octanol–water partition coefficient (Wildman–Crippen LogP) is 5.25. The van der Waals surface area contributed by atoms with Crippen molar-refractivity contribution >= 4 is 27.5 Å². The monoisotopic (exact) mass is 364 g/mol. The highest BCUT2D eigenvalue weighted by atomic mass is 79.9. The summed E-state index contributed by atoms with van der Waals surface area (Å²) in [5.74, 6) is -2.33. The van der Waals surface area contributed by atoms with Crippen molar-refractivity contribution < 1.29 is 17.9 Å². The molecule has 0 aliphatic carbocycles. The Hall–Kier alpha value is -1.20. The van der Waals surface area contributed by atoms with Crippen LogP contribution in [-0.4, -0.2) is 7.11 Å². The third kappa shape index (κ3) is 2.79. The van der Waals surface area contributed by atoms with Crippen LogP contribution in [0.2, 0.25) is 5.02 Å². The molecule has 0 spiro atoms. The van der Waals surface area contributed by atoms with Crippen molar-refractivity contribution in [1.82, 2.24) is 0 Å². The van der Waals surface area contributed by atoms with Crippen molar-refractivity contribution in [3.8, 4) is 5.75 Å². The molecule has 0 radical (unpaired) electrons. The molecular weight excluding hydrogens is 357 g/mol. The van der Waals surface area contributed by atoms with E-state index in [0.717, 1.165) is 12.1 Å². The first-order valence-corrected chi connectivity index (χ1v) is 6.86. The number of ether oxygens (including phenoxy) is 1. The van der Waals surface area contributed by atoms with Gasteiger partial charge in [-0.2, -0.15) is 0 Å². The zero-order valence-electron chi connectivity index (χ0n) is 10.3. The van der Waals surface area contributed by atoms with Crippen LogP contribution in [0.25, 0.3) is 0 Å². The molecular formula is C14H9BrClF3O. The standard InChI is InChI=1S/C14H9BrClF3O/c1-20-7-5-10(17)12(11(18)6-7)13(15)8-3-2-4-9(16)14(8)19/h2-6,13H,1H3. The van der Waals surface area contributed by atoms with E-state index < -0.39 is 22.3 Å². The number of alkyl halides is 1. The summed E-state index contributed by atoms with van der Waals surface area (Å²) < 4.78 is 46.6. The highest BCUT2D eigenvalue weighted by Gasteiger charge is 2.24. The first kappa shape index (κ1) is 15.2. The fraction of sp³-hybridized carbons (Fsp3) is 0.143. The average molecular weight is 366 g/mol. The molecule has 2 aromatic rings. The maximum absolute atomic E-state index is 14.0. The summed E-state index contributed by atoms with van der Waals surface area (Å²) in [7, 11) is 1.30. The van der Waals surface area contributed by atoms with Gasteiger partial charge in [-0.1, -0.05) is 39.7 Å². The Morgan fingerprint density at radius 2 is 1.75 bits per heavy atom. The molecule has 0 bridgehead atoms. The van der Waals surface area contributed by atoms with Gasteiger partial charge in [0.2, 0.25) is 0 Å². The second kappa shape index (κ2) is 6.06. The summed E-state index contributed by atoms with van der Waals surface area (Å²) in [5, 5.41) is -0.110. The van der Waals surface area contributed by atoms with E-state index >= 15 is 0 Å². The smallest absolute Gasteiger partial charge is 0.146 e. The molecule has 0 aromatic heterocycles. The highest BCUT2D eigenvalue weighted by molar-refractivity contribution is 9.09. The fourth-order valence-corrected chi connectivity index (χ4v) is 2.77. The van der Waals surface area contributed by atoms with Gasteiger partial charge < -0.3 is 4.74 Å². The van der Waals surface area contributed by atoms with Gasteiger partial charge in [0.1, 0.15) is 23.2 Å². The largest absolute Gasteiger partial charge is 0.497 e. The molecule has 20 heavy (non-hydrogen) atoms. The van der Waals surface area contributed by atoms with Crippen molar-refractivity contribution in [1.29, 1.82) is 0 Å². The Balaban J connectivity index is 2.54. The van der Waals surface area contributed by atoms with Crippen LogP contribution in [0.15, 0.2) is 30.3 Å². The van der Waals surface area contributed by atoms with Crippen LogP contribution >= 0.6 is 27.5 Å². The summed E-state index contributed by atoms with van der Waals surface area (Å²) in [6.07, 6.45) is 0. The lowest BCUT2D eigenvalue weighted by molar-refractivity contribution is 0.405. The molecule has 6 heteroatoms. The van der Waals surface area contributed by atoms with Gasteiger partial charge in [-0.3, -0.25) is 0 Å². The van der Waals surface area contributed by atoms with Gasteiger partial charge in [0.25, 0.3) is 0 Å². The number of hydrogen-bond acceptors (Lipinski definition) is 1. The molecule has 1 nitrogen and oxygen atoms in total. The second-order valence-corrected chi connectivity index (χ2v) is 5.33. The number of halogens is 5. The van der Waals surface area contributed by atoms with Gasteiger partial charge in [0.05, 0.1) is 17.0 Å². The van der Waals surface area contributed by atoms with Crippen molar-refractivity contribution in [2.24, 2.45) is 0 Å². The molecule has 1 atom stereocenters. The van der Waals surface area contributed by atoms with E-state index in [1.165, 1.54) is 25.3 Å². The fourth-order valence-electron chi connectivity index (χ4n) is 1.79. The van der Waals surface area contributed by atoms with E-state index in [-0.39, 0.29) is 21.9 Å². The van der Waals surface area contributed by atoms with Crippen LogP contribution in [0.5, 0.6) is 5.75 Å². The second-order valence-electron chi connectivity index (χ2n) is 4.01. The van der Waals surface area contributed by atoms with E-state index in [4.69, 9.17) is 16.3 Å². The molecule has 0 aliphatic rings. The minimum Gasteiger partial charge on any atom is -0.497 e. The zero-order chi connectivity index (χ0) is 14.9. The molecule has 2 rings (SSSR count). The van der Waals surface area contributed by atoms with Crippen LogP contribution in [0.1, 0.15) is 16.0 Å². The van der Waals surface area contributed by atoms with Gasteiger partial charge in [0.15, 0.2) is 0 Å². The lowest BCUT2D eigenvalue weighted by atomic mass is 10.0.